The van der Waals surface area contributed by atoms with E-state index in [0.717, 1.165) is 18.2 Å². The second-order valence-corrected chi connectivity index (χ2v) is 5.98. The number of benzene rings is 2. The summed E-state index contributed by atoms with van der Waals surface area (Å²) in [5.74, 6) is -4.91. The number of rotatable bonds is 4. The molecular weight excluding hydrogens is 452 g/mol. The van der Waals surface area contributed by atoms with Crippen LogP contribution < -0.4 is 20.9 Å². The molecule has 3 rings (SSSR count). The molecule has 32 heavy (non-hydrogen) atoms. The first-order valence-corrected chi connectivity index (χ1v) is 8.37. The molecule has 0 aliphatic heterocycles. The van der Waals surface area contributed by atoms with E-state index in [1.165, 1.54) is 24.3 Å². The van der Waals surface area contributed by atoms with E-state index in [0.29, 0.717) is 16.7 Å². The maximum absolute atomic E-state index is 12.5. The van der Waals surface area contributed by atoms with E-state index in [1.807, 2.05) is 0 Å². The molecule has 0 spiro atoms. The third-order valence-electron chi connectivity index (χ3n) is 3.79. The van der Waals surface area contributed by atoms with Crippen molar-refractivity contribution in [2.75, 3.05) is 0 Å². The normalized spacial score (nSPS) is 12.3. The topological polar surface area (TPSA) is 87.7 Å². The Morgan fingerprint density at radius 2 is 1.53 bits per heavy atom. The van der Waals surface area contributed by atoms with Crippen molar-refractivity contribution in [2.45, 2.75) is 12.7 Å². The highest BCUT2D eigenvalue weighted by Gasteiger charge is 2.36. The molecule has 0 saturated carbocycles. The summed E-state index contributed by atoms with van der Waals surface area (Å²) >= 11 is 0. The minimum absolute atomic E-state index is 0.0802. The minimum atomic E-state index is -5.32. The Labute approximate surface area is 172 Å². The van der Waals surface area contributed by atoms with E-state index < -0.39 is 41.5 Å². The number of alkyl halides is 6. The van der Waals surface area contributed by atoms with Gasteiger partial charge in [-0.3, -0.25) is 4.79 Å². The van der Waals surface area contributed by atoms with E-state index in [-0.39, 0.29) is 16.5 Å². The zero-order valence-corrected chi connectivity index (χ0v) is 15.4. The van der Waals surface area contributed by atoms with Gasteiger partial charge < -0.3 is 13.9 Å². The van der Waals surface area contributed by atoms with Gasteiger partial charge in [-0.1, -0.05) is 18.2 Å². The Morgan fingerprint density at radius 3 is 2.19 bits per heavy atom. The van der Waals surface area contributed by atoms with Gasteiger partial charge in [0.15, 0.2) is 11.5 Å². The predicted octanol–water partition coefficient (Wildman–Crippen LogP) is 4.11. The van der Waals surface area contributed by atoms with Crippen LogP contribution in [0.4, 0.5) is 26.3 Å². The van der Waals surface area contributed by atoms with Crippen LogP contribution in [0.3, 0.4) is 0 Å². The first-order valence-electron chi connectivity index (χ1n) is 8.37. The predicted molar refractivity (Wildman–Crippen MR) is 96.2 cm³/mol. The highest BCUT2D eigenvalue weighted by atomic mass is 19.4. The second kappa shape index (κ2) is 8.24. The number of ether oxygens (including phenoxy) is 2. The fourth-order valence-electron chi connectivity index (χ4n) is 2.61. The molecule has 0 amide bonds. The third-order valence-corrected chi connectivity index (χ3v) is 3.79. The molecule has 1 aromatic heterocycles. The molecule has 0 saturated heterocycles. The van der Waals surface area contributed by atoms with Crippen molar-refractivity contribution >= 4 is 22.9 Å². The summed E-state index contributed by atoms with van der Waals surface area (Å²) in [5.41, 5.74) is -1.26. The number of halogens is 6. The summed E-state index contributed by atoms with van der Waals surface area (Å²) in [6, 6.07) is 7.51. The number of aromatic nitrogens is 1. The van der Waals surface area contributed by atoms with Crippen molar-refractivity contribution in [3.63, 3.8) is 0 Å². The fraction of sp³-hybridized carbons (Fsp3) is 0.105. The molecule has 7 nitrogen and oxygen atoms in total. The largest absolute Gasteiger partial charge is 0.573 e. The van der Waals surface area contributed by atoms with E-state index in [2.05, 4.69) is 13.9 Å². The minimum Gasteiger partial charge on any atom is -0.402 e. The van der Waals surface area contributed by atoms with E-state index in [4.69, 9.17) is 0 Å². The molecule has 0 fully saturated rings. The molecule has 0 atom stereocenters. The Hall–Kier alpha value is -4.03. The molecule has 0 radical (unpaired) electrons. The van der Waals surface area contributed by atoms with Gasteiger partial charge in [0.2, 0.25) is 0 Å². The van der Waals surface area contributed by atoms with Crippen LogP contribution in [0.25, 0.3) is 17.0 Å². The standard InChI is InChI=1S/C19H9F6NO6/c20-18(21,22)31-13-7-5-10(9-14(13)32-19(23,24)25)6-8-15(27)26-12-4-2-1-3-11(12)16(28)30-17(26)29/h1-9H/b8-6+. The van der Waals surface area contributed by atoms with Gasteiger partial charge in [-0.15, -0.1) is 26.3 Å². The van der Waals surface area contributed by atoms with Crippen LogP contribution in [0.5, 0.6) is 11.5 Å². The molecule has 0 aliphatic carbocycles. The fourth-order valence-corrected chi connectivity index (χ4v) is 2.61. The van der Waals surface area contributed by atoms with Crippen molar-refractivity contribution in [1.29, 1.82) is 0 Å². The first kappa shape index (κ1) is 22.7. The first-order chi connectivity index (χ1) is 14.8. The van der Waals surface area contributed by atoms with Crippen molar-refractivity contribution in [3.8, 4) is 11.5 Å². The van der Waals surface area contributed by atoms with E-state index in [9.17, 15) is 40.7 Å². The molecule has 1 heterocycles. The van der Waals surface area contributed by atoms with Gasteiger partial charge >= 0.3 is 24.1 Å². The van der Waals surface area contributed by atoms with Crippen LogP contribution in [-0.2, 0) is 0 Å². The molecular formula is C19H9F6NO6. The number of carbonyl (C=O) groups is 1. The summed E-state index contributed by atoms with van der Waals surface area (Å²) in [7, 11) is 0. The van der Waals surface area contributed by atoms with Gasteiger partial charge in [-0.2, -0.15) is 0 Å². The number of hydrogen-bond donors (Lipinski definition) is 0. The summed E-state index contributed by atoms with van der Waals surface area (Å²) in [6.07, 6.45) is -8.95. The Kier molecular flexibility index (Phi) is 5.84. The van der Waals surface area contributed by atoms with Crippen molar-refractivity contribution in [3.05, 3.63) is 75.1 Å². The lowest BCUT2D eigenvalue weighted by molar-refractivity contribution is -0.287. The van der Waals surface area contributed by atoms with Crippen molar-refractivity contribution in [1.82, 2.24) is 4.57 Å². The van der Waals surface area contributed by atoms with Gasteiger partial charge in [0.05, 0.1) is 10.9 Å². The van der Waals surface area contributed by atoms with Crippen LogP contribution in [-0.4, -0.2) is 23.2 Å². The van der Waals surface area contributed by atoms with Crippen molar-refractivity contribution in [2.24, 2.45) is 0 Å². The highest BCUT2D eigenvalue weighted by molar-refractivity contribution is 5.99. The molecule has 0 unspecified atom stereocenters. The number of carbonyl (C=O) groups excluding carboxylic acids is 1. The van der Waals surface area contributed by atoms with Gasteiger partial charge in [-0.25, -0.2) is 14.2 Å². The van der Waals surface area contributed by atoms with Crippen LogP contribution in [0.2, 0.25) is 0 Å². The average Bonchev–Trinajstić information content (AvgIpc) is 2.66. The highest BCUT2D eigenvalue weighted by Crippen LogP contribution is 2.36. The van der Waals surface area contributed by atoms with E-state index >= 15 is 0 Å². The van der Waals surface area contributed by atoms with Gasteiger partial charge in [0.25, 0.3) is 5.91 Å². The van der Waals surface area contributed by atoms with Crippen LogP contribution in [0.1, 0.15) is 10.4 Å². The molecule has 0 N–H and O–H groups in total. The number of para-hydroxylation sites is 1. The maximum atomic E-state index is 12.5. The Bertz CT molecular complexity index is 1320. The summed E-state index contributed by atoms with van der Waals surface area (Å²) in [6.45, 7) is 0. The maximum Gasteiger partial charge on any atom is 0.573 e. The molecule has 13 heteroatoms. The Morgan fingerprint density at radius 1 is 0.906 bits per heavy atom. The zero-order chi connectivity index (χ0) is 23.7. The average molecular weight is 461 g/mol. The quantitative estimate of drug-likeness (QED) is 0.430. The van der Waals surface area contributed by atoms with Crippen LogP contribution >= 0.6 is 0 Å². The number of fused-ring (bicyclic) bond motifs is 1. The second-order valence-electron chi connectivity index (χ2n) is 5.98. The number of nitrogens with zero attached hydrogens (tertiary/aromatic N) is 1. The SMILES string of the molecule is O=C(/C=C/c1ccc(OC(F)(F)F)c(OC(F)(F)F)c1)n1c(=O)oc(=O)c2ccccc21. The van der Waals surface area contributed by atoms with Gasteiger partial charge in [-0.05, 0) is 35.9 Å². The van der Waals surface area contributed by atoms with Crippen LogP contribution in [0, 0.1) is 0 Å². The molecule has 0 bridgehead atoms. The molecule has 2 aromatic carbocycles. The van der Waals surface area contributed by atoms with Crippen molar-refractivity contribution < 1.29 is 45.0 Å². The lowest BCUT2D eigenvalue weighted by atomic mass is 10.2. The van der Waals surface area contributed by atoms with E-state index in [1.54, 1.807) is 0 Å². The Balaban J connectivity index is 1.98. The molecule has 0 aliphatic rings. The summed E-state index contributed by atoms with van der Waals surface area (Å²) < 4.78 is 86.9. The third kappa shape index (κ3) is 5.36. The van der Waals surface area contributed by atoms with Gasteiger partial charge in [0.1, 0.15) is 0 Å². The van der Waals surface area contributed by atoms with Gasteiger partial charge in [0, 0.05) is 6.08 Å². The number of hydrogen-bond acceptors (Lipinski definition) is 6. The number of allylic oxidation sites excluding steroid dienone is 1. The monoisotopic (exact) mass is 461 g/mol. The summed E-state index contributed by atoms with van der Waals surface area (Å²) in [4.78, 5) is 36.2. The lowest BCUT2D eigenvalue weighted by Gasteiger charge is -2.15. The van der Waals surface area contributed by atoms with Crippen LogP contribution in [0.15, 0.2) is 62.5 Å². The zero-order valence-electron chi connectivity index (χ0n) is 15.4. The molecule has 168 valence electrons. The molecule has 3 aromatic rings. The smallest absolute Gasteiger partial charge is 0.402 e. The lowest BCUT2D eigenvalue weighted by Crippen LogP contribution is -2.29. The summed E-state index contributed by atoms with van der Waals surface area (Å²) in [5, 5.41) is -0.0802.